The van der Waals surface area contributed by atoms with Gasteiger partial charge < -0.3 is 15.5 Å². The molecule has 3 aromatic carbocycles. The number of aromatic nitrogens is 2. The number of hydrogen-bond donors (Lipinski definition) is 3. The van der Waals surface area contributed by atoms with Crippen molar-refractivity contribution in [3.63, 3.8) is 0 Å². The van der Waals surface area contributed by atoms with E-state index in [4.69, 9.17) is 21.6 Å². The first-order chi connectivity index (χ1) is 16.5. The molecule has 6 nitrogen and oxygen atoms in total. The highest BCUT2D eigenvalue weighted by atomic mass is 35.5. The highest BCUT2D eigenvalue weighted by Crippen LogP contribution is 2.36. The Morgan fingerprint density at radius 2 is 1.76 bits per heavy atom. The number of hydrogen-bond acceptors (Lipinski definition) is 5. The van der Waals surface area contributed by atoms with E-state index in [1.807, 2.05) is 24.3 Å². The molecule has 0 radical (unpaired) electrons. The Morgan fingerprint density at radius 3 is 2.53 bits per heavy atom. The second kappa shape index (κ2) is 9.25. The zero-order valence-corrected chi connectivity index (χ0v) is 19.0. The Bertz CT molecular complexity index is 1360. The van der Waals surface area contributed by atoms with Crippen LogP contribution in [-0.4, -0.2) is 26.1 Å². The number of phenolic OH excluding ortho intramolecular Hbond substituents is 1. The van der Waals surface area contributed by atoms with E-state index in [-0.39, 0.29) is 29.6 Å². The fourth-order valence-corrected chi connectivity index (χ4v) is 4.31. The maximum Gasteiger partial charge on any atom is 0.229 e. The molecule has 4 aromatic rings. The summed E-state index contributed by atoms with van der Waals surface area (Å²) in [7, 11) is 0. The predicted octanol–water partition coefficient (Wildman–Crippen LogP) is 4.86. The van der Waals surface area contributed by atoms with Gasteiger partial charge in [0.2, 0.25) is 5.91 Å². The van der Waals surface area contributed by atoms with Crippen molar-refractivity contribution in [2.24, 2.45) is 0 Å². The molecule has 5 rings (SSSR count). The molecule has 1 atom stereocenters. The molecule has 170 valence electrons. The second-order valence-corrected chi connectivity index (χ2v) is 8.70. The second-order valence-electron chi connectivity index (χ2n) is 8.26. The summed E-state index contributed by atoms with van der Waals surface area (Å²) in [5, 5.41) is 24.5. The van der Waals surface area contributed by atoms with Crippen LogP contribution in [0.3, 0.4) is 0 Å². The van der Waals surface area contributed by atoms with Crippen LogP contribution in [0.25, 0.3) is 11.3 Å². The summed E-state index contributed by atoms with van der Waals surface area (Å²) in [6, 6.07) is 21.4. The topological polar surface area (TPSA) is 95.3 Å². The van der Waals surface area contributed by atoms with Gasteiger partial charge in [0.15, 0.2) is 5.82 Å². The van der Waals surface area contributed by atoms with Crippen LogP contribution in [-0.2, 0) is 24.1 Å². The number of benzene rings is 3. The molecule has 1 aromatic heterocycles. The molecule has 3 N–H and O–H groups in total. The number of aromatic hydroxyl groups is 1. The monoisotopic (exact) mass is 471 g/mol. The first-order valence-corrected chi connectivity index (χ1v) is 11.4. The molecule has 0 fully saturated rings. The van der Waals surface area contributed by atoms with Gasteiger partial charge in [0.05, 0.1) is 17.8 Å². The maximum absolute atomic E-state index is 12.9. The first kappa shape index (κ1) is 22.1. The van der Waals surface area contributed by atoms with Crippen LogP contribution in [0.15, 0.2) is 72.8 Å². The van der Waals surface area contributed by atoms with E-state index in [2.05, 4.69) is 5.32 Å². The molecular formula is C27H22ClN3O3. The molecule has 0 spiro atoms. The van der Waals surface area contributed by atoms with Crippen LogP contribution in [0, 0.1) is 0 Å². The molecule has 1 amide bonds. The third-order valence-corrected chi connectivity index (χ3v) is 6.13. The van der Waals surface area contributed by atoms with E-state index in [1.165, 1.54) is 0 Å². The van der Waals surface area contributed by atoms with Gasteiger partial charge in [0.25, 0.3) is 0 Å². The third-order valence-electron chi connectivity index (χ3n) is 5.88. The average Bonchev–Trinajstić information content (AvgIpc) is 2.85. The number of carbonyl (C=O) groups is 1. The first-order valence-electron chi connectivity index (χ1n) is 11.0. The van der Waals surface area contributed by atoms with E-state index in [9.17, 15) is 15.0 Å². The number of aliphatic hydroxyl groups is 1. The lowest BCUT2D eigenvalue weighted by molar-refractivity contribution is -0.115. The van der Waals surface area contributed by atoms with Crippen molar-refractivity contribution in [2.45, 2.75) is 25.4 Å². The minimum absolute atomic E-state index is 0.138. The number of anilines is 1. The number of aliphatic hydroxyl groups excluding tert-OH is 1. The van der Waals surface area contributed by atoms with Crippen molar-refractivity contribution in [3.05, 3.63) is 106 Å². The maximum atomic E-state index is 12.9. The molecule has 0 saturated heterocycles. The summed E-state index contributed by atoms with van der Waals surface area (Å²) in [4.78, 5) is 22.4. The van der Waals surface area contributed by atoms with Crippen molar-refractivity contribution in [1.29, 1.82) is 0 Å². The number of halogens is 1. The summed E-state index contributed by atoms with van der Waals surface area (Å²) in [6.45, 7) is 0. The predicted molar refractivity (Wildman–Crippen MR) is 131 cm³/mol. The van der Waals surface area contributed by atoms with Crippen LogP contribution >= 0.6 is 11.6 Å². The van der Waals surface area contributed by atoms with Gasteiger partial charge in [-0.1, -0.05) is 54.1 Å². The standard InChI is InChI=1S/C27H22ClN3O3/c28-19-9-6-16(7-10-19)14-23(33)30-27-25(26(34)17-4-2-1-3-5-17)31-24-21-12-11-20(32)15-18(21)8-13-22(24)29-27/h1-7,9-12,15,26,32,34H,8,13-14H2,(H,29,30,33). The largest absolute Gasteiger partial charge is 0.508 e. The summed E-state index contributed by atoms with van der Waals surface area (Å²) in [6.07, 6.45) is 0.371. The van der Waals surface area contributed by atoms with Gasteiger partial charge in [-0.3, -0.25) is 4.79 Å². The molecule has 1 unspecified atom stereocenters. The van der Waals surface area contributed by atoms with Gasteiger partial charge in [-0.05, 0) is 59.9 Å². The van der Waals surface area contributed by atoms with E-state index in [0.717, 1.165) is 22.4 Å². The molecule has 1 aliphatic carbocycles. The quantitative estimate of drug-likeness (QED) is 0.386. The minimum atomic E-state index is -1.08. The smallest absolute Gasteiger partial charge is 0.229 e. The zero-order chi connectivity index (χ0) is 23.7. The van der Waals surface area contributed by atoms with E-state index in [0.29, 0.717) is 29.1 Å². The molecule has 1 heterocycles. The third kappa shape index (κ3) is 4.51. The Labute approximate surface area is 201 Å². The molecule has 0 bridgehead atoms. The lowest BCUT2D eigenvalue weighted by Gasteiger charge is -2.23. The molecule has 1 aliphatic rings. The Balaban J connectivity index is 1.54. The number of nitrogens with zero attached hydrogens (tertiary/aromatic N) is 2. The van der Waals surface area contributed by atoms with Crippen LogP contribution < -0.4 is 5.32 Å². The zero-order valence-electron chi connectivity index (χ0n) is 18.2. The van der Waals surface area contributed by atoms with Gasteiger partial charge in [0, 0.05) is 10.6 Å². The summed E-state index contributed by atoms with van der Waals surface area (Å²) in [5.41, 5.74) is 4.97. The summed E-state index contributed by atoms with van der Waals surface area (Å²) < 4.78 is 0. The van der Waals surface area contributed by atoms with Crippen molar-refractivity contribution in [2.75, 3.05) is 5.32 Å². The van der Waals surface area contributed by atoms with E-state index >= 15 is 0 Å². The SMILES string of the molecule is O=C(Cc1ccc(Cl)cc1)Nc1nc2c(nc1C(O)c1ccccc1)-c1ccc(O)cc1CC2. The number of fused-ring (bicyclic) bond motifs is 3. The number of aryl methyl sites for hydroxylation is 2. The number of carbonyl (C=O) groups excluding carboxylic acids is 1. The molecule has 0 saturated carbocycles. The summed E-state index contributed by atoms with van der Waals surface area (Å²) in [5.74, 6) is 0.182. The molecule has 0 aliphatic heterocycles. The van der Waals surface area contributed by atoms with Gasteiger partial charge in [0.1, 0.15) is 17.5 Å². The Morgan fingerprint density at radius 1 is 1.00 bits per heavy atom. The lowest BCUT2D eigenvalue weighted by atomic mass is 9.91. The highest BCUT2D eigenvalue weighted by Gasteiger charge is 2.26. The number of amides is 1. The van der Waals surface area contributed by atoms with Crippen molar-refractivity contribution >= 4 is 23.3 Å². The van der Waals surface area contributed by atoms with Gasteiger partial charge >= 0.3 is 0 Å². The van der Waals surface area contributed by atoms with Gasteiger partial charge in [-0.15, -0.1) is 0 Å². The molecular weight excluding hydrogens is 450 g/mol. The van der Waals surface area contributed by atoms with Gasteiger partial charge in [-0.2, -0.15) is 0 Å². The molecule has 34 heavy (non-hydrogen) atoms. The van der Waals surface area contributed by atoms with Crippen molar-refractivity contribution in [1.82, 2.24) is 9.97 Å². The van der Waals surface area contributed by atoms with E-state index < -0.39 is 6.10 Å². The normalized spacial score (nSPS) is 13.0. The number of rotatable bonds is 5. The van der Waals surface area contributed by atoms with Crippen LogP contribution in [0.2, 0.25) is 5.02 Å². The van der Waals surface area contributed by atoms with Gasteiger partial charge in [-0.25, -0.2) is 9.97 Å². The fourth-order valence-electron chi connectivity index (χ4n) is 4.18. The fraction of sp³-hybridized carbons (Fsp3) is 0.148. The average molecular weight is 472 g/mol. The highest BCUT2D eigenvalue weighted by molar-refractivity contribution is 6.30. The van der Waals surface area contributed by atoms with Crippen molar-refractivity contribution in [3.8, 4) is 17.0 Å². The minimum Gasteiger partial charge on any atom is -0.508 e. The van der Waals surface area contributed by atoms with Crippen LogP contribution in [0.1, 0.15) is 34.2 Å². The number of nitrogens with one attached hydrogen (secondary N) is 1. The summed E-state index contributed by atoms with van der Waals surface area (Å²) >= 11 is 5.94. The van der Waals surface area contributed by atoms with E-state index in [1.54, 1.807) is 48.5 Å². The Kier molecular flexibility index (Phi) is 6.01. The number of phenols is 1. The molecule has 7 heteroatoms. The Hall–Kier alpha value is -3.74. The van der Waals surface area contributed by atoms with Crippen LogP contribution in [0.5, 0.6) is 5.75 Å². The van der Waals surface area contributed by atoms with Crippen LogP contribution in [0.4, 0.5) is 5.82 Å². The van der Waals surface area contributed by atoms with Crippen molar-refractivity contribution < 1.29 is 15.0 Å². The lowest BCUT2D eigenvalue weighted by Crippen LogP contribution is -2.21.